The zero-order valence-corrected chi connectivity index (χ0v) is 17.3. The molecule has 14 heteroatoms. The van der Waals surface area contributed by atoms with Gasteiger partial charge in [-0.15, -0.1) is 0 Å². The molecule has 0 amide bonds. The number of aromatic nitrogens is 6. The summed E-state index contributed by atoms with van der Waals surface area (Å²) in [5.41, 5.74) is 3.06. The maximum atomic E-state index is 13.6. The van der Waals surface area contributed by atoms with Gasteiger partial charge >= 0.3 is 0 Å². The molecule has 0 bridgehead atoms. The lowest BCUT2D eigenvalue weighted by atomic mass is 10.1. The van der Waals surface area contributed by atoms with Crippen LogP contribution in [-0.2, 0) is 0 Å². The molecule has 4 rings (SSSR count). The van der Waals surface area contributed by atoms with Crippen LogP contribution in [0, 0.1) is 11.3 Å². The number of nitrogens with zero attached hydrogens (tertiary/aromatic N) is 6. The number of halogens is 4. The van der Waals surface area contributed by atoms with Gasteiger partial charge in [-0.1, -0.05) is 12.1 Å². The molecule has 0 radical (unpaired) electrons. The smallest absolute Gasteiger partial charge is 0.281 e. The fourth-order valence-corrected chi connectivity index (χ4v) is 3.50. The Kier molecular flexibility index (Phi) is 5.84. The first kappa shape index (κ1) is 22.6. The second-order valence-electron chi connectivity index (χ2n) is 7.08. The SMILES string of the molecule is CC(Nc1nc(N)nc(C(F)F)c1C#N)c1nc2cccc(C(F)F)c2c(=O)n1-c1cn[nH]c1. The van der Waals surface area contributed by atoms with E-state index in [-0.39, 0.29) is 28.2 Å². The van der Waals surface area contributed by atoms with Crippen molar-refractivity contribution < 1.29 is 17.6 Å². The lowest BCUT2D eigenvalue weighted by Crippen LogP contribution is -2.28. The zero-order valence-electron chi connectivity index (χ0n) is 17.3. The van der Waals surface area contributed by atoms with Crippen LogP contribution in [0.25, 0.3) is 16.6 Å². The molecule has 3 heterocycles. The van der Waals surface area contributed by atoms with Gasteiger partial charge in [0.2, 0.25) is 5.95 Å². The van der Waals surface area contributed by atoms with Gasteiger partial charge in [-0.2, -0.15) is 15.3 Å². The number of nitriles is 1. The third-order valence-electron chi connectivity index (χ3n) is 4.95. The van der Waals surface area contributed by atoms with E-state index < -0.39 is 47.2 Å². The number of nitrogen functional groups attached to an aromatic ring is 1. The van der Waals surface area contributed by atoms with E-state index in [0.29, 0.717) is 0 Å². The maximum Gasteiger partial charge on any atom is 0.281 e. The van der Waals surface area contributed by atoms with Gasteiger partial charge in [0.05, 0.1) is 28.8 Å². The van der Waals surface area contributed by atoms with Crippen LogP contribution in [-0.4, -0.2) is 29.7 Å². The van der Waals surface area contributed by atoms with Crippen molar-refractivity contribution in [3.8, 4) is 11.8 Å². The van der Waals surface area contributed by atoms with Crippen LogP contribution < -0.4 is 16.6 Å². The van der Waals surface area contributed by atoms with Crippen LogP contribution in [0.4, 0.5) is 29.3 Å². The van der Waals surface area contributed by atoms with Crippen molar-refractivity contribution in [3.05, 3.63) is 63.6 Å². The lowest BCUT2D eigenvalue weighted by molar-refractivity contribution is 0.145. The van der Waals surface area contributed by atoms with Gasteiger partial charge in [0, 0.05) is 11.8 Å². The van der Waals surface area contributed by atoms with Crippen LogP contribution in [0.15, 0.2) is 35.4 Å². The molecule has 0 aliphatic rings. The van der Waals surface area contributed by atoms with Crippen molar-refractivity contribution in [3.63, 3.8) is 0 Å². The summed E-state index contributed by atoms with van der Waals surface area (Å²) in [4.78, 5) is 25.0. The molecule has 0 aliphatic heterocycles. The predicted molar refractivity (Wildman–Crippen MR) is 113 cm³/mol. The number of anilines is 2. The van der Waals surface area contributed by atoms with Crippen molar-refractivity contribution >= 4 is 22.7 Å². The Labute approximate surface area is 188 Å². The molecule has 1 atom stereocenters. The minimum Gasteiger partial charge on any atom is -0.368 e. The summed E-state index contributed by atoms with van der Waals surface area (Å²) in [5.74, 6) is -0.776. The van der Waals surface area contributed by atoms with Gasteiger partial charge in [0.1, 0.15) is 23.2 Å². The summed E-state index contributed by atoms with van der Waals surface area (Å²) in [6, 6.07) is 4.56. The van der Waals surface area contributed by atoms with E-state index in [9.17, 15) is 27.6 Å². The van der Waals surface area contributed by atoms with E-state index in [1.165, 1.54) is 31.5 Å². The second-order valence-corrected chi connectivity index (χ2v) is 7.08. The highest BCUT2D eigenvalue weighted by molar-refractivity contribution is 5.82. The molecule has 0 saturated carbocycles. The minimum atomic E-state index is -3.09. The van der Waals surface area contributed by atoms with Crippen LogP contribution in [0.3, 0.4) is 0 Å². The van der Waals surface area contributed by atoms with Gasteiger partial charge in [-0.05, 0) is 13.0 Å². The third kappa shape index (κ3) is 3.87. The van der Waals surface area contributed by atoms with E-state index in [0.717, 1.165) is 10.6 Å². The van der Waals surface area contributed by atoms with Gasteiger partial charge < -0.3 is 11.1 Å². The molecule has 4 N–H and O–H groups in total. The Bertz CT molecular complexity index is 1460. The summed E-state index contributed by atoms with van der Waals surface area (Å²) in [7, 11) is 0. The molecule has 0 fully saturated rings. The van der Waals surface area contributed by atoms with Crippen LogP contribution in [0.2, 0.25) is 0 Å². The number of H-pyrrole nitrogens is 1. The molecule has 10 nitrogen and oxygen atoms in total. The normalized spacial score (nSPS) is 12.3. The highest BCUT2D eigenvalue weighted by Crippen LogP contribution is 2.30. The first-order valence-electron chi connectivity index (χ1n) is 9.68. The van der Waals surface area contributed by atoms with E-state index in [4.69, 9.17) is 5.73 Å². The highest BCUT2D eigenvalue weighted by atomic mass is 19.3. The minimum absolute atomic E-state index is 0.00201. The Hall–Kier alpha value is -4.54. The summed E-state index contributed by atoms with van der Waals surface area (Å²) in [6.07, 6.45) is -3.37. The largest absolute Gasteiger partial charge is 0.368 e. The van der Waals surface area contributed by atoms with Crippen molar-refractivity contribution in [1.82, 2.24) is 29.7 Å². The number of alkyl halides is 4. The molecule has 1 aromatic carbocycles. The number of hydrogen-bond acceptors (Lipinski definition) is 8. The lowest BCUT2D eigenvalue weighted by Gasteiger charge is -2.20. The number of rotatable bonds is 6. The molecule has 3 aromatic heterocycles. The first-order chi connectivity index (χ1) is 16.2. The van der Waals surface area contributed by atoms with Gasteiger partial charge in [0.25, 0.3) is 18.4 Å². The number of hydrogen-bond donors (Lipinski definition) is 3. The highest BCUT2D eigenvalue weighted by Gasteiger charge is 2.25. The van der Waals surface area contributed by atoms with Crippen molar-refractivity contribution in [2.75, 3.05) is 11.1 Å². The van der Waals surface area contributed by atoms with E-state index >= 15 is 0 Å². The topological polar surface area (TPSA) is 151 Å². The van der Waals surface area contributed by atoms with Crippen molar-refractivity contribution in [2.45, 2.75) is 25.8 Å². The fourth-order valence-electron chi connectivity index (χ4n) is 3.50. The molecule has 4 aromatic rings. The van der Waals surface area contributed by atoms with E-state index in [1.54, 1.807) is 6.07 Å². The van der Waals surface area contributed by atoms with Crippen LogP contribution in [0.1, 0.15) is 48.5 Å². The molecule has 1 unspecified atom stereocenters. The molecule has 0 saturated heterocycles. The standard InChI is InChI=1S/C20H15F4N9O/c1-8(29-17-11(5-25)14(16(23)24)31-20(26)32-17)18-30-12-4-2-3-10(15(21)22)13(12)19(34)33(18)9-6-27-28-7-9/h2-4,6-8,15-16H,1H3,(H,27,28)(H3,26,29,31,32). The Morgan fingerprint density at radius 2 is 1.94 bits per heavy atom. The van der Waals surface area contributed by atoms with Crippen molar-refractivity contribution in [2.24, 2.45) is 0 Å². The van der Waals surface area contributed by atoms with Gasteiger partial charge in [0.15, 0.2) is 5.82 Å². The number of aromatic amines is 1. The van der Waals surface area contributed by atoms with Crippen molar-refractivity contribution in [1.29, 1.82) is 5.26 Å². The maximum absolute atomic E-state index is 13.6. The first-order valence-corrected chi connectivity index (χ1v) is 9.68. The number of benzene rings is 1. The Morgan fingerprint density at radius 3 is 2.56 bits per heavy atom. The number of nitrogens with two attached hydrogens (primary N) is 1. The summed E-state index contributed by atoms with van der Waals surface area (Å²) in [6.45, 7) is 1.52. The number of nitrogens with one attached hydrogen (secondary N) is 2. The zero-order chi connectivity index (χ0) is 24.6. The third-order valence-corrected chi connectivity index (χ3v) is 4.95. The Balaban J connectivity index is 1.93. The summed E-state index contributed by atoms with van der Waals surface area (Å²) in [5, 5.41) is 18.2. The molecule has 174 valence electrons. The average molecular weight is 473 g/mol. The second kappa shape index (κ2) is 8.77. The quantitative estimate of drug-likeness (QED) is 0.361. The van der Waals surface area contributed by atoms with Crippen LogP contribution >= 0.6 is 0 Å². The number of fused-ring (bicyclic) bond motifs is 1. The Morgan fingerprint density at radius 1 is 1.18 bits per heavy atom. The van der Waals surface area contributed by atoms with E-state index in [2.05, 4.69) is 30.5 Å². The molecule has 0 aliphatic carbocycles. The molecule has 0 spiro atoms. The van der Waals surface area contributed by atoms with Gasteiger partial charge in [-0.3, -0.25) is 14.5 Å². The summed E-state index contributed by atoms with van der Waals surface area (Å²) >= 11 is 0. The molecule has 34 heavy (non-hydrogen) atoms. The predicted octanol–water partition coefficient (Wildman–Crippen LogP) is 3.40. The van der Waals surface area contributed by atoms with E-state index in [1.807, 2.05) is 0 Å². The molecular weight excluding hydrogens is 458 g/mol. The monoisotopic (exact) mass is 473 g/mol. The fraction of sp³-hybridized carbons (Fsp3) is 0.200. The van der Waals surface area contributed by atoms with Crippen LogP contribution in [0.5, 0.6) is 0 Å². The molecular formula is C20H15F4N9O. The average Bonchev–Trinajstić information content (AvgIpc) is 3.32. The summed E-state index contributed by atoms with van der Waals surface area (Å²) < 4.78 is 55.0. The van der Waals surface area contributed by atoms with Gasteiger partial charge in [-0.25, -0.2) is 27.5 Å².